The third kappa shape index (κ3) is 3.85. The largest absolute Gasteiger partial charge is 0.507 e. The average Bonchev–Trinajstić information content (AvgIpc) is 2.72. The summed E-state index contributed by atoms with van der Waals surface area (Å²) in [5.41, 5.74) is 2.34. The molecule has 0 aliphatic carbocycles. The van der Waals surface area contributed by atoms with Crippen LogP contribution >= 0.6 is 11.8 Å². The van der Waals surface area contributed by atoms with Crippen molar-refractivity contribution in [3.8, 4) is 5.75 Å². The van der Waals surface area contributed by atoms with E-state index in [1.807, 2.05) is 19.9 Å². The number of rotatable bonds is 4. The molecule has 1 atom stereocenters. The summed E-state index contributed by atoms with van der Waals surface area (Å²) in [6.45, 7) is 3.72. The summed E-state index contributed by atoms with van der Waals surface area (Å²) < 4.78 is 0. The van der Waals surface area contributed by atoms with E-state index in [1.165, 1.54) is 6.21 Å². The molecule has 3 N–H and O–H groups in total. The number of carboxylic acids is 1. The van der Waals surface area contributed by atoms with Gasteiger partial charge in [0.1, 0.15) is 11.0 Å². The second-order valence-corrected chi connectivity index (χ2v) is 6.05. The molecular weight excluding hydrogens is 306 g/mol. The van der Waals surface area contributed by atoms with Crippen molar-refractivity contribution >= 4 is 35.0 Å². The SMILES string of the molecule is Cc1cc(C)c(C=NN=C2NC(=O)C(CC(=O)O)S2)c(O)c1. The van der Waals surface area contributed by atoms with Gasteiger partial charge in [-0.05, 0) is 31.0 Å². The van der Waals surface area contributed by atoms with Crippen LogP contribution in [-0.4, -0.2) is 38.7 Å². The number of amides is 1. The maximum atomic E-state index is 11.5. The Labute approximate surface area is 131 Å². The highest BCUT2D eigenvalue weighted by Crippen LogP contribution is 2.23. The van der Waals surface area contributed by atoms with Gasteiger partial charge in [0, 0.05) is 5.56 Å². The van der Waals surface area contributed by atoms with Gasteiger partial charge in [0.05, 0.1) is 12.6 Å². The monoisotopic (exact) mass is 321 g/mol. The van der Waals surface area contributed by atoms with E-state index >= 15 is 0 Å². The van der Waals surface area contributed by atoms with E-state index in [4.69, 9.17) is 5.11 Å². The van der Waals surface area contributed by atoms with Gasteiger partial charge in [-0.25, -0.2) is 0 Å². The van der Waals surface area contributed by atoms with Gasteiger partial charge < -0.3 is 15.5 Å². The van der Waals surface area contributed by atoms with Gasteiger partial charge in [-0.1, -0.05) is 17.8 Å². The highest BCUT2D eigenvalue weighted by molar-refractivity contribution is 8.15. The number of hydrogen-bond donors (Lipinski definition) is 3. The molecule has 1 aliphatic rings. The van der Waals surface area contributed by atoms with Crippen molar-refractivity contribution in [2.75, 3.05) is 0 Å². The van der Waals surface area contributed by atoms with Crippen LogP contribution in [0.3, 0.4) is 0 Å². The Balaban J connectivity index is 2.10. The number of benzene rings is 1. The lowest BCUT2D eigenvalue weighted by molar-refractivity contribution is -0.138. The van der Waals surface area contributed by atoms with E-state index < -0.39 is 17.1 Å². The van der Waals surface area contributed by atoms with Crippen molar-refractivity contribution in [2.24, 2.45) is 10.2 Å². The fourth-order valence-electron chi connectivity index (χ4n) is 2.01. The van der Waals surface area contributed by atoms with E-state index in [0.29, 0.717) is 5.56 Å². The van der Waals surface area contributed by atoms with Gasteiger partial charge in [0.25, 0.3) is 0 Å². The number of aromatic hydroxyl groups is 1. The van der Waals surface area contributed by atoms with Gasteiger partial charge >= 0.3 is 5.97 Å². The molecule has 1 aliphatic heterocycles. The van der Waals surface area contributed by atoms with E-state index in [0.717, 1.165) is 22.9 Å². The molecule has 0 bridgehead atoms. The summed E-state index contributed by atoms with van der Waals surface area (Å²) in [5.74, 6) is -1.33. The smallest absolute Gasteiger partial charge is 0.305 e. The zero-order valence-electron chi connectivity index (χ0n) is 12.0. The number of hydrogen-bond acceptors (Lipinski definition) is 6. The maximum absolute atomic E-state index is 11.5. The average molecular weight is 321 g/mol. The number of thioether (sulfide) groups is 1. The number of aryl methyl sites for hydroxylation is 2. The minimum Gasteiger partial charge on any atom is -0.507 e. The number of nitrogens with zero attached hydrogens (tertiary/aromatic N) is 2. The molecule has 1 aromatic carbocycles. The van der Waals surface area contributed by atoms with Gasteiger partial charge in [-0.2, -0.15) is 5.10 Å². The molecule has 22 heavy (non-hydrogen) atoms. The molecule has 1 amide bonds. The van der Waals surface area contributed by atoms with Crippen molar-refractivity contribution < 1.29 is 19.8 Å². The normalized spacial score (nSPS) is 19.8. The van der Waals surface area contributed by atoms with Crippen LogP contribution in [0.2, 0.25) is 0 Å². The van der Waals surface area contributed by atoms with E-state index in [1.54, 1.807) is 6.07 Å². The van der Waals surface area contributed by atoms with Crippen LogP contribution in [0.4, 0.5) is 0 Å². The third-order valence-electron chi connectivity index (χ3n) is 2.98. The fourth-order valence-corrected chi connectivity index (χ4v) is 2.92. The molecule has 1 aromatic rings. The third-order valence-corrected chi connectivity index (χ3v) is 4.05. The Kier molecular flexibility index (Phi) is 4.81. The second kappa shape index (κ2) is 6.61. The number of carbonyl (C=O) groups is 2. The van der Waals surface area contributed by atoms with Gasteiger partial charge in [-0.15, -0.1) is 5.10 Å². The second-order valence-electron chi connectivity index (χ2n) is 4.86. The Morgan fingerprint density at radius 1 is 1.45 bits per heavy atom. The lowest BCUT2D eigenvalue weighted by Gasteiger charge is -2.04. The highest BCUT2D eigenvalue weighted by atomic mass is 32.2. The highest BCUT2D eigenvalue weighted by Gasteiger charge is 2.32. The van der Waals surface area contributed by atoms with Crippen LogP contribution in [0.25, 0.3) is 0 Å². The van der Waals surface area contributed by atoms with Crippen molar-refractivity contribution in [2.45, 2.75) is 25.5 Å². The summed E-state index contributed by atoms with van der Waals surface area (Å²) in [6.07, 6.45) is 1.13. The Morgan fingerprint density at radius 2 is 2.18 bits per heavy atom. The van der Waals surface area contributed by atoms with Gasteiger partial charge in [-0.3, -0.25) is 9.59 Å². The molecule has 1 heterocycles. The summed E-state index contributed by atoms with van der Waals surface area (Å²) in [5, 5.41) is 28.3. The topological polar surface area (TPSA) is 111 Å². The Morgan fingerprint density at radius 3 is 2.82 bits per heavy atom. The number of carboxylic acid groups (broad SMARTS) is 1. The first-order chi connectivity index (χ1) is 10.4. The molecule has 1 unspecified atom stereocenters. The molecule has 0 aromatic heterocycles. The Bertz CT molecular complexity index is 662. The molecule has 0 spiro atoms. The molecule has 1 fully saturated rings. The first-order valence-electron chi connectivity index (χ1n) is 6.47. The summed E-state index contributed by atoms with van der Waals surface area (Å²) in [4.78, 5) is 22.1. The van der Waals surface area contributed by atoms with Crippen LogP contribution in [0, 0.1) is 13.8 Å². The number of phenols is 1. The fraction of sp³-hybridized carbons (Fsp3) is 0.286. The molecular formula is C14H15N3O4S. The van der Waals surface area contributed by atoms with Crippen LogP contribution in [0.1, 0.15) is 23.1 Å². The predicted octanol–water partition coefficient (Wildman–Crippen LogP) is 1.41. The zero-order valence-corrected chi connectivity index (χ0v) is 12.8. The van der Waals surface area contributed by atoms with Crippen molar-refractivity contribution in [1.29, 1.82) is 0 Å². The number of amidine groups is 1. The van der Waals surface area contributed by atoms with Crippen LogP contribution in [0.15, 0.2) is 22.3 Å². The summed E-state index contributed by atoms with van der Waals surface area (Å²) in [6, 6.07) is 3.53. The van der Waals surface area contributed by atoms with E-state index in [-0.39, 0.29) is 17.3 Å². The number of phenolic OH excluding ortho intramolecular Hbond substituents is 1. The number of nitrogens with one attached hydrogen (secondary N) is 1. The van der Waals surface area contributed by atoms with Gasteiger partial charge in [0.2, 0.25) is 5.91 Å². The van der Waals surface area contributed by atoms with E-state index in [9.17, 15) is 14.7 Å². The molecule has 0 saturated carbocycles. The van der Waals surface area contributed by atoms with Crippen LogP contribution in [0.5, 0.6) is 5.75 Å². The first kappa shape index (κ1) is 16.0. The van der Waals surface area contributed by atoms with Gasteiger partial charge in [0.15, 0.2) is 5.17 Å². The number of aliphatic carboxylic acids is 1. The predicted molar refractivity (Wildman–Crippen MR) is 84.4 cm³/mol. The molecule has 0 radical (unpaired) electrons. The van der Waals surface area contributed by atoms with Crippen molar-refractivity contribution in [1.82, 2.24) is 5.32 Å². The maximum Gasteiger partial charge on any atom is 0.305 e. The molecule has 8 heteroatoms. The molecule has 7 nitrogen and oxygen atoms in total. The Hall–Kier alpha value is -2.35. The minimum atomic E-state index is -1.04. The minimum absolute atomic E-state index is 0.105. The summed E-state index contributed by atoms with van der Waals surface area (Å²) >= 11 is 1.03. The van der Waals surface area contributed by atoms with E-state index in [2.05, 4.69) is 15.5 Å². The van der Waals surface area contributed by atoms with Crippen LogP contribution < -0.4 is 5.32 Å². The molecule has 2 rings (SSSR count). The van der Waals surface area contributed by atoms with Crippen LogP contribution in [-0.2, 0) is 9.59 Å². The first-order valence-corrected chi connectivity index (χ1v) is 7.35. The number of carbonyl (C=O) groups excluding carboxylic acids is 1. The van der Waals surface area contributed by atoms with Crippen molar-refractivity contribution in [3.05, 3.63) is 28.8 Å². The molecule has 1 saturated heterocycles. The summed E-state index contributed by atoms with van der Waals surface area (Å²) in [7, 11) is 0. The standard InChI is InChI=1S/C14H15N3O4S/c1-7-3-8(2)9(10(18)4-7)6-15-17-14-16-13(21)11(22-14)5-12(19)20/h3-4,6,11,18H,5H2,1-2H3,(H,19,20)(H,16,17,21). The lowest BCUT2D eigenvalue weighted by atomic mass is 10.1. The van der Waals surface area contributed by atoms with Crippen molar-refractivity contribution in [3.63, 3.8) is 0 Å². The molecule has 116 valence electrons. The zero-order chi connectivity index (χ0) is 16.3. The quantitative estimate of drug-likeness (QED) is 0.573. The lowest BCUT2D eigenvalue weighted by Crippen LogP contribution is -2.26.